The molecule has 1 aromatic carbocycles. The maximum atomic E-state index is 12.5. The minimum Gasteiger partial charge on any atom is -0.444 e. The summed E-state index contributed by atoms with van der Waals surface area (Å²) in [5.74, 6) is -0.0587. The van der Waals surface area contributed by atoms with Gasteiger partial charge < -0.3 is 15.0 Å². The summed E-state index contributed by atoms with van der Waals surface area (Å²) in [6, 6.07) is 7.39. The van der Waals surface area contributed by atoms with Crippen molar-refractivity contribution in [1.82, 2.24) is 10.2 Å². The number of nitrogens with one attached hydrogen (secondary N) is 1. The highest BCUT2D eigenvalue weighted by molar-refractivity contribution is 6.30. The van der Waals surface area contributed by atoms with Crippen molar-refractivity contribution < 1.29 is 14.3 Å². The summed E-state index contributed by atoms with van der Waals surface area (Å²) in [6.07, 6.45) is 0.986. The molecule has 0 radical (unpaired) electrons. The molecule has 25 heavy (non-hydrogen) atoms. The third-order valence-electron chi connectivity index (χ3n) is 4.22. The quantitative estimate of drug-likeness (QED) is 0.873. The van der Waals surface area contributed by atoms with Gasteiger partial charge in [0.25, 0.3) is 0 Å². The first kappa shape index (κ1) is 19.6. The standard InChI is InChI=1S/C19H27ClN2O3/c1-13(15-6-5-7-16(20)12-15)21-17(23)14-8-10-22(11-9-14)18(24)25-19(2,3)4/h5-7,12-14H,8-11H2,1-4H3,(H,21,23)/t13-/m1/s1. The summed E-state index contributed by atoms with van der Waals surface area (Å²) in [7, 11) is 0. The predicted molar refractivity (Wildman–Crippen MR) is 98.5 cm³/mol. The van der Waals surface area contributed by atoms with Crippen LogP contribution < -0.4 is 5.32 Å². The molecule has 1 aliphatic heterocycles. The van der Waals surface area contributed by atoms with Gasteiger partial charge in [-0.3, -0.25) is 4.79 Å². The third kappa shape index (κ3) is 5.92. The summed E-state index contributed by atoms with van der Waals surface area (Å²) in [6.45, 7) is 8.57. The highest BCUT2D eigenvalue weighted by atomic mass is 35.5. The molecule has 1 saturated heterocycles. The van der Waals surface area contributed by atoms with E-state index in [1.54, 1.807) is 4.90 Å². The van der Waals surface area contributed by atoms with Crippen molar-refractivity contribution in [3.8, 4) is 0 Å². The van der Waals surface area contributed by atoms with E-state index >= 15 is 0 Å². The number of amides is 2. The number of hydrogen-bond donors (Lipinski definition) is 1. The van der Waals surface area contributed by atoms with Crippen LogP contribution in [0.2, 0.25) is 5.02 Å². The van der Waals surface area contributed by atoms with Crippen LogP contribution in [0.3, 0.4) is 0 Å². The van der Waals surface area contributed by atoms with Gasteiger partial charge in [0.1, 0.15) is 5.60 Å². The highest BCUT2D eigenvalue weighted by Crippen LogP contribution is 2.22. The van der Waals surface area contributed by atoms with Gasteiger partial charge in [0.05, 0.1) is 6.04 Å². The second-order valence-electron chi connectivity index (χ2n) is 7.53. The highest BCUT2D eigenvalue weighted by Gasteiger charge is 2.30. The molecule has 1 fully saturated rings. The molecule has 0 spiro atoms. The van der Waals surface area contributed by atoms with E-state index < -0.39 is 5.60 Å². The normalized spacial score (nSPS) is 17.1. The van der Waals surface area contributed by atoms with E-state index in [1.165, 1.54) is 0 Å². The maximum Gasteiger partial charge on any atom is 0.410 e. The van der Waals surface area contributed by atoms with Crippen molar-refractivity contribution in [3.63, 3.8) is 0 Å². The largest absolute Gasteiger partial charge is 0.444 e. The Bertz CT molecular complexity index is 619. The smallest absolute Gasteiger partial charge is 0.410 e. The van der Waals surface area contributed by atoms with Gasteiger partial charge in [-0.2, -0.15) is 0 Å². The topological polar surface area (TPSA) is 58.6 Å². The van der Waals surface area contributed by atoms with E-state index in [0.29, 0.717) is 31.0 Å². The number of nitrogens with zero attached hydrogens (tertiary/aromatic N) is 1. The van der Waals surface area contributed by atoms with Crippen LogP contribution in [0.5, 0.6) is 0 Å². The molecule has 6 heteroatoms. The molecule has 1 atom stereocenters. The minimum absolute atomic E-state index is 0.0244. The molecule has 1 heterocycles. The first-order valence-electron chi connectivity index (χ1n) is 8.69. The van der Waals surface area contributed by atoms with E-state index in [1.807, 2.05) is 52.0 Å². The Kier molecular flexibility index (Phi) is 6.33. The molecule has 0 bridgehead atoms. The number of carbonyl (C=O) groups excluding carboxylic acids is 2. The lowest BCUT2D eigenvalue weighted by molar-refractivity contribution is -0.127. The van der Waals surface area contributed by atoms with Gasteiger partial charge in [0.2, 0.25) is 5.91 Å². The van der Waals surface area contributed by atoms with Crippen LogP contribution in [0.15, 0.2) is 24.3 Å². The molecule has 1 aromatic rings. The Morgan fingerprint density at radius 1 is 1.28 bits per heavy atom. The number of piperidine rings is 1. The third-order valence-corrected chi connectivity index (χ3v) is 4.46. The Morgan fingerprint density at radius 2 is 1.92 bits per heavy atom. The fourth-order valence-electron chi connectivity index (χ4n) is 2.84. The summed E-state index contributed by atoms with van der Waals surface area (Å²) < 4.78 is 5.38. The number of hydrogen-bond acceptors (Lipinski definition) is 3. The van der Waals surface area contributed by atoms with E-state index in [4.69, 9.17) is 16.3 Å². The zero-order valence-electron chi connectivity index (χ0n) is 15.3. The first-order valence-corrected chi connectivity index (χ1v) is 9.07. The molecule has 2 rings (SSSR count). The van der Waals surface area contributed by atoms with Crippen LogP contribution in [0, 0.1) is 5.92 Å². The van der Waals surface area contributed by atoms with Gasteiger partial charge in [0, 0.05) is 24.0 Å². The number of ether oxygens (including phenoxy) is 1. The van der Waals surface area contributed by atoms with E-state index in [0.717, 1.165) is 5.56 Å². The lowest BCUT2D eigenvalue weighted by Crippen LogP contribution is -2.45. The van der Waals surface area contributed by atoms with Crippen LogP contribution in [-0.4, -0.2) is 35.6 Å². The molecule has 0 unspecified atom stereocenters. The number of rotatable bonds is 3. The fraction of sp³-hybridized carbons (Fsp3) is 0.579. The summed E-state index contributed by atoms with van der Waals surface area (Å²) in [5.41, 5.74) is 0.476. The van der Waals surface area contributed by atoms with Crippen LogP contribution in [0.25, 0.3) is 0 Å². The lowest BCUT2D eigenvalue weighted by Gasteiger charge is -2.33. The summed E-state index contributed by atoms with van der Waals surface area (Å²) >= 11 is 6.00. The Labute approximate surface area is 154 Å². The second-order valence-corrected chi connectivity index (χ2v) is 7.96. The molecule has 138 valence electrons. The molecular formula is C19H27ClN2O3. The van der Waals surface area contributed by atoms with Crippen LogP contribution in [0.1, 0.15) is 52.1 Å². The number of carbonyl (C=O) groups is 2. The van der Waals surface area contributed by atoms with Crippen molar-refractivity contribution in [2.75, 3.05) is 13.1 Å². The Morgan fingerprint density at radius 3 is 2.48 bits per heavy atom. The summed E-state index contributed by atoms with van der Waals surface area (Å²) in [4.78, 5) is 26.2. The van der Waals surface area contributed by atoms with Crippen molar-refractivity contribution in [3.05, 3.63) is 34.9 Å². The van der Waals surface area contributed by atoms with Gasteiger partial charge in [-0.15, -0.1) is 0 Å². The number of likely N-dealkylation sites (tertiary alicyclic amines) is 1. The molecule has 5 nitrogen and oxygen atoms in total. The van der Waals surface area contributed by atoms with Crippen LogP contribution in [-0.2, 0) is 9.53 Å². The van der Waals surface area contributed by atoms with Gasteiger partial charge in [-0.05, 0) is 58.2 Å². The van der Waals surface area contributed by atoms with Crippen LogP contribution >= 0.6 is 11.6 Å². The van der Waals surface area contributed by atoms with E-state index in [-0.39, 0.29) is 24.0 Å². The van der Waals surface area contributed by atoms with Crippen molar-refractivity contribution in [2.45, 2.75) is 52.2 Å². The molecule has 0 saturated carbocycles. The average molecular weight is 367 g/mol. The zero-order chi connectivity index (χ0) is 18.6. The number of benzene rings is 1. The molecule has 1 N–H and O–H groups in total. The zero-order valence-corrected chi connectivity index (χ0v) is 16.1. The van der Waals surface area contributed by atoms with Crippen molar-refractivity contribution >= 4 is 23.6 Å². The Balaban J connectivity index is 1.84. The van der Waals surface area contributed by atoms with Gasteiger partial charge in [-0.25, -0.2) is 4.79 Å². The van der Waals surface area contributed by atoms with Crippen LogP contribution in [0.4, 0.5) is 4.79 Å². The van der Waals surface area contributed by atoms with Gasteiger partial charge >= 0.3 is 6.09 Å². The lowest BCUT2D eigenvalue weighted by atomic mass is 9.95. The fourth-order valence-corrected chi connectivity index (χ4v) is 3.04. The molecule has 0 aliphatic carbocycles. The molecular weight excluding hydrogens is 340 g/mol. The van der Waals surface area contributed by atoms with Crippen molar-refractivity contribution in [1.29, 1.82) is 0 Å². The van der Waals surface area contributed by atoms with Gasteiger partial charge in [-0.1, -0.05) is 23.7 Å². The summed E-state index contributed by atoms with van der Waals surface area (Å²) in [5, 5.41) is 3.70. The first-order chi connectivity index (χ1) is 11.7. The maximum absolute atomic E-state index is 12.5. The average Bonchev–Trinajstić information content (AvgIpc) is 2.53. The van der Waals surface area contributed by atoms with Gasteiger partial charge in [0.15, 0.2) is 0 Å². The SMILES string of the molecule is C[C@@H](NC(=O)C1CCN(C(=O)OC(C)(C)C)CC1)c1cccc(Cl)c1. The van der Waals surface area contributed by atoms with Crippen molar-refractivity contribution in [2.24, 2.45) is 5.92 Å². The second kappa shape index (κ2) is 8.09. The number of halogens is 1. The predicted octanol–water partition coefficient (Wildman–Crippen LogP) is 4.16. The molecule has 2 amide bonds. The molecule has 0 aromatic heterocycles. The minimum atomic E-state index is -0.502. The van der Waals surface area contributed by atoms with E-state index in [2.05, 4.69) is 5.32 Å². The molecule has 1 aliphatic rings. The van der Waals surface area contributed by atoms with E-state index in [9.17, 15) is 9.59 Å². The Hall–Kier alpha value is -1.75. The monoisotopic (exact) mass is 366 g/mol.